The first kappa shape index (κ1) is 21.3. The van der Waals surface area contributed by atoms with Crippen LogP contribution in [0.4, 0.5) is 10.5 Å². The molecule has 0 aliphatic carbocycles. The third-order valence-electron chi connectivity index (χ3n) is 3.70. The lowest BCUT2D eigenvalue weighted by atomic mass is 10.2. The van der Waals surface area contributed by atoms with Crippen molar-refractivity contribution in [1.82, 2.24) is 10.2 Å². The summed E-state index contributed by atoms with van der Waals surface area (Å²) < 4.78 is 5.38. The summed E-state index contributed by atoms with van der Waals surface area (Å²) in [6.45, 7) is 13.0. The number of thiophene rings is 1. The van der Waals surface area contributed by atoms with E-state index >= 15 is 0 Å². The van der Waals surface area contributed by atoms with E-state index in [1.54, 1.807) is 11.0 Å². The average Bonchev–Trinajstić information content (AvgIpc) is 3.09. The maximum absolute atomic E-state index is 12.6. The van der Waals surface area contributed by atoms with Gasteiger partial charge in [-0.2, -0.15) is 0 Å². The molecule has 1 aromatic rings. The number of anilines is 1. The molecule has 0 spiro atoms. The van der Waals surface area contributed by atoms with Gasteiger partial charge in [0.05, 0.1) is 10.6 Å². The van der Waals surface area contributed by atoms with Crippen LogP contribution in [0.3, 0.4) is 0 Å². The van der Waals surface area contributed by atoms with Crippen LogP contribution in [0.15, 0.2) is 6.07 Å². The van der Waals surface area contributed by atoms with Crippen molar-refractivity contribution < 1.29 is 14.3 Å². The van der Waals surface area contributed by atoms with Crippen LogP contribution in [0, 0.1) is 11.5 Å². The zero-order valence-electron chi connectivity index (χ0n) is 16.9. The number of nitrogens with zero attached hydrogens (tertiary/aromatic N) is 1. The normalized spacial score (nSPS) is 17.3. The Labute approximate surface area is 166 Å². The van der Waals surface area contributed by atoms with Crippen molar-refractivity contribution in [1.29, 1.82) is 0 Å². The second kappa shape index (κ2) is 7.95. The first-order valence-corrected chi connectivity index (χ1v) is 13.4. The van der Waals surface area contributed by atoms with Crippen molar-refractivity contribution in [2.45, 2.75) is 58.5 Å². The lowest BCUT2D eigenvalue weighted by Crippen LogP contribution is -2.40. The van der Waals surface area contributed by atoms with E-state index in [4.69, 9.17) is 10.5 Å². The number of rotatable bonds is 2. The Hall–Kier alpha value is -1.98. The van der Waals surface area contributed by atoms with Gasteiger partial charge in [0.1, 0.15) is 18.6 Å². The van der Waals surface area contributed by atoms with Gasteiger partial charge in [-0.3, -0.25) is 4.79 Å². The average molecular weight is 408 g/mol. The van der Waals surface area contributed by atoms with Crippen LogP contribution in [0.5, 0.6) is 0 Å². The summed E-state index contributed by atoms with van der Waals surface area (Å²) in [5, 5.41) is 2.97. The van der Waals surface area contributed by atoms with E-state index in [0.717, 1.165) is 4.88 Å². The van der Waals surface area contributed by atoms with E-state index in [9.17, 15) is 9.59 Å². The topological polar surface area (TPSA) is 84.7 Å². The molecule has 27 heavy (non-hydrogen) atoms. The lowest BCUT2D eigenvalue weighted by Gasteiger charge is -2.24. The molecule has 2 rings (SSSR count). The van der Waals surface area contributed by atoms with Gasteiger partial charge in [0, 0.05) is 19.1 Å². The zero-order valence-corrected chi connectivity index (χ0v) is 18.8. The predicted molar refractivity (Wildman–Crippen MR) is 113 cm³/mol. The number of carbonyl (C=O) groups excluding carboxylic acids is 2. The highest BCUT2D eigenvalue weighted by Gasteiger charge is 2.31. The van der Waals surface area contributed by atoms with Crippen molar-refractivity contribution in [3.63, 3.8) is 0 Å². The van der Waals surface area contributed by atoms with Crippen LogP contribution in [-0.4, -0.2) is 49.7 Å². The molecule has 3 N–H and O–H groups in total. The monoisotopic (exact) mass is 407 g/mol. The molecule has 6 nitrogen and oxygen atoms in total. The van der Waals surface area contributed by atoms with Crippen LogP contribution < -0.4 is 11.1 Å². The lowest BCUT2D eigenvalue weighted by molar-refractivity contribution is 0.0290. The van der Waals surface area contributed by atoms with Gasteiger partial charge in [0.15, 0.2) is 0 Å². The highest BCUT2D eigenvalue weighted by Crippen LogP contribution is 2.25. The van der Waals surface area contributed by atoms with Crippen LogP contribution in [0.25, 0.3) is 0 Å². The molecule has 1 saturated heterocycles. The van der Waals surface area contributed by atoms with E-state index in [0.29, 0.717) is 30.1 Å². The molecule has 2 heterocycles. The highest BCUT2D eigenvalue weighted by molar-refractivity contribution is 7.15. The summed E-state index contributed by atoms with van der Waals surface area (Å²) in [7, 11) is -1.49. The molecular weight excluding hydrogens is 378 g/mol. The minimum Gasteiger partial charge on any atom is -0.444 e. The van der Waals surface area contributed by atoms with Crippen molar-refractivity contribution in [3.8, 4) is 11.5 Å². The molecule has 148 valence electrons. The largest absolute Gasteiger partial charge is 0.444 e. The minimum atomic E-state index is -1.49. The maximum Gasteiger partial charge on any atom is 0.410 e. The Morgan fingerprint density at radius 1 is 1.37 bits per heavy atom. The number of amides is 2. The molecule has 0 bridgehead atoms. The van der Waals surface area contributed by atoms with Gasteiger partial charge in [-0.15, -0.1) is 16.9 Å². The van der Waals surface area contributed by atoms with Gasteiger partial charge in [-0.05, 0) is 33.3 Å². The highest BCUT2D eigenvalue weighted by atomic mass is 32.1. The van der Waals surface area contributed by atoms with Crippen molar-refractivity contribution >= 4 is 37.1 Å². The Morgan fingerprint density at radius 2 is 2.04 bits per heavy atom. The van der Waals surface area contributed by atoms with Crippen LogP contribution in [-0.2, 0) is 4.74 Å². The second-order valence-electron chi connectivity index (χ2n) is 8.78. The van der Waals surface area contributed by atoms with E-state index in [-0.39, 0.29) is 18.0 Å². The molecular formula is C19H29N3O3SSi. The quantitative estimate of drug-likeness (QED) is 0.582. The number of hydrogen-bond acceptors (Lipinski definition) is 5. The van der Waals surface area contributed by atoms with E-state index in [2.05, 4.69) is 36.4 Å². The van der Waals surface area contributed by atoms with E-state index < -0.39 is 13.7 Å². The van der Waals surface area contributed by atoms with Gasteiger partial charge in [0.2, 0.25) is 0 Å². The molecule has 8 heteroatoms. The van der Waals surface area contributed by atoms with Gasteiger partial charge < -0.3 is 20.7 Å². The van der Waals surface area contributed by atoms with Crippen LogP contribution in [0.1, 0.15) is 41.7 Å². The Kier molecular flexibility index (Phi) is 6.27. The summed E-state index contributed by atoms with van der Waals surface area (Å²) in [5.41, 5.74) is 9.20. The van der Waals surface area contributed by atoms with E-state index in [1.165, 1.54) is 11.3 Å². The van der Waals surface area contributed by atoms with Crippen molar-refractivity contribution in [2.24, 2.45) is 0 Å². The van der Waals surface area contributed by atoms with Crippen molar-refractivity contribution in [2.75, 3.05) is 18.8 Å². The SMILES string of the molecule is CC(C)(C)OC(=O)N1CC[C@H](NC(=O)c2sc(C#C[Si](C)(C)C)cc2N)C1. The molecule has 0 radical (unpaired) electrons. The number of hydrogen-bond donors (Lipinski definition) is 2. The smallest absolute Gasteiger partial charge is 0.410 e. The molecule has 1 aliphatic rings. The molecule has 1 fully saturated rings. The van der Waals surface area contributed by atoms with Crippen LogP contribution in [0.2, 0.25) is 19.6 Å². The van der Waals surface area contributed by atoms with Gasteiger partial charge in [-0.25, -0.2) is 4.79 Å². The summed E-state index contributed by atoms with van der Waals surface area (Å²) >= 11 is 1.31. The van der Waals surface area contributed by atoms with Crippen molar-refractivity contribution in [3.05, 3.63) is 15.8 Å². The van der Waals surface area contributed by atoms with Gasteiger partial charge in [-0.1, -0.05) is 25.6 Å². The molecule has 0 saturated carbocycles. The molecule has 1 aromatic heterocycles. The number of likely N-dealkylation sites (tertiary alicyclic amines) is 1. The number of ether oxygens (including phenoxy) is 1. The zero-order chi connectivity index (χ0) is 20.4. The standard InChI is InChI=1S/C19H29N3O3SSi/c1-19(2,3)25-18(24)22-9-7-13(12-22)21-17(23)16-15(20)11-14(26-16)8-10-27(4,5)6/h11,13H,7,9,12,20H2,1-6H3,(H,21,23)/t13-/m0/s1. The van der Waals surface area contributed by atoms with Gasteiger partial charge >= 0.3 is 6.09 Å². The number of nitrogens with two attached hydrogens (primary N) is 1. The van der Waals surface area contributed by atoms with Crippen LogP contribution >= 0.6 is 11.3 Å². The number of nitrogens with one attached hydrogen (secondary N) is 1. The molecule has 1 atom stereocenters. The Bertz CT molecular complexity index is 781. The first-order chi connectivity index (χ1) is 12.3. The first-order valence-electron chi connectivity index (χ1n) is 9.05. The molecule has 0 unspecified atom stereocenters. The summed E-state index contributed by atoms with van der Waals surface area (Å²) in [6, 6.07) is 1.65. The molecule has 1 aliphatic heterocycles. The number of nitrogen functional groups attached to an aromatic ring is 1. The summed E-state index contributed by atoms with van der Waals surface area (Å²) in [5.74, 6) is 2.93. The molecule has 0 aromatic carbocycles. The minimum absolute atomic E-state index is 0.108. The third kappa shape index (κ3) is 6.59. The Balaban J connectivity index is 1.97. The third-order valence-corrected chi connectivity index (χ3v) is 5.64. The maximum atomic E-state index is 12.6. The second-order valence-corrected chi connectivity index (χ2v) is 14.6. The molecule has 2 amide bonds. The fraction of sp³-hybridized carbons (Fsp3) is 0.579. The fourth-order valence-electron chi connectivity index (χ4n) is 2.51. The summed E-state index contributed by atoms with van der Waals surface area (Å²) in [4.78, 5) is 27.6. The van der Waals surface area contributed by atoms with E-state index in [1.807, 2.05) is 20.8 Å². The number of carbonyl (C=O) groups is 2. The Morgan fingerprint density at radius 3 is 2.63 bits per heavy atom. The predicted octanol–water partition coefficient (Wildman–Crippen LogP) is 3.30. The fourth-order valence-corrected chi connectivity index (χ4v) is 3.95. The van der Waals surface area contributed by atoms with Gasteiger partial charge in [0.25, 0.3) is 5.91 Å². The summed E-state index contributed by atoms with van der Waals surface area (Å²) in [6.07, 6.45) is 0.345.